The molecule has 0 aliphatic carbocycles. The number of ether oxygens (including phenoxy) is 1. The lowest BCUT2D eigenvalue weighted by atomic mass is 10.5. The number of hydrogen-bond donors (Lipinski definition) is 2. The predicted molar refractivity (Wildman–Crippen MR) is 64.2 cm³/mol. The molecule has 0 bridgehead atoms. The van der Waals surface area contributed by atoms with E-state index in [9.17, 15) is 4.79 Å². The van der Waals surface area contributed by atoms with Crippen molar-refractivity contribution < 1.29 is 9.53 Å². The lowest BCUT2D eigenvalue weighted by molar-refractivity contribution is 0.218. The minimum Gasteiger partial charge on any atom is -0.481 e. The Hall–Kier alpha value is -2.05. The van der Waals surface area contributed by atoms with Crippen LogP contribution in [0.5, 0.6) is 5.88 Å². The molecule has 1 rings (SSSR count). The number of carbonyl (C=O) groups is 1. The maximum absolute atomic E-state index is 11.2. The Morgan fingerprint density at radius 3 is 2.82 bits per heavy atom. The predicted octanol–water partition coefficient (Wildman–Crippen LogP) is 0.168. The van der Waals surface area contributed by atoms with E-state index < -0.39 is 0 Å². The number of urea groups is 1. The maximum Gasteiger partial charge on any atom is 0.316 e. The second-order valence-corrected chi connectivity index (χ2v) is 3.50. The quantitative estimate of drug-likeness (QED) is 0.716. The van der Waals surface area contributed by atoms with Gasteiger partial charge in [0.15, 0.2) is 0 Å². The molecule has 1 aromatic heterocycles. The van der Waals surface area contributed by atoms with Crippen LogP contribution in [0.2, 0.25) is 0 Å². The highest BCUT2D eigenvalue weighted by atomic mass is 16.5. The number of aromatic nitrogens is 2. The largest absolute Gasteiger partial charge is 0.481 e. The fraction of sp³-hybridized carbons (Fsp3) is 0.500. The summed E-state index contributed by atoms with van der Waals surface area (Å²) in [4.78, 5) is 20.6. The monoisotopic (exact) mass is 239 g/mol. The molecule has 17 heavy (non-hydrogen) atoms. The minimum atomic E-state index is -0.118. The summed E-state index contributed by atoms with van der Waals surface area (Å²) in [6, 6.07) is 1.57. The van der Waals surface area contributed by atoms with Crippen molar-refractivity contribution >= 4 is 11.8 Å². The van der Waals surface area contributed by atoms with E-state index in [2.05, 4.69) is 20.6 Å². The Kier molecular flexibility index (Phi) is 4.99. The molecule has 0 radical (unpaired) electrons. The van der Waals surface area contributed by atoms with Gasteiger partial charge in [-0.15, -0.1) is 0 Å². The number of anilines is 1. The topological polar surface area (TPSA) is 79.4 Å². The van der Waals surface area contributed by atoms with Crippen LogP contribution in [0.1, 0.15) is 0 Å². The van der Waals surface area contributed by atoms with E-state index in [0.717, 1.165) is 0 Å². The highest BCUT2D eigenvalue weighted by molar-refractivity contribution is 5.73. The molecular weight excluding hydrogens is 222 g/mol. The Bertz CT molecular complexity index is 369. The number of rotatable bonds is 5. The molecular formula is C10H17N5O2. The summed E-state index contributed by atoms with van der Waals surface area (Å²) in [6.45, 7) is 1.10. The van der Waals surface area contributed by atoms with Gasteiger partial charge in [-0.25, -0.2) is 14.8 Å². The first-order chi connectivity index (χ1) is 8.13. The first-order valence-corrected chi connectivity index (χ1v) is 5.18. The summed E-state index contributed by atoms with van der Waals surface area (Å²) < 4.78 is 4.96. The number of nitrogens with one attached hydrogen (secondary N) is 2. The van der Waals surface area contributed by atoms with E-state index in [0.29, 0.717) is 24.8 Å². The van der Waals surface area contributed by atoms with E-state index in [1.165, 1.54) is 11.2 Å². The standard InChI is InChI=1S/C10H17N5O2/c1-15(2)10(16)12-5-4-11-8-6-9(17-3)14-7-13-8/h6-7H,4-5H2,1-3H3,(H,12,16)(H,11,13,14). The Morgan fingerprint density at radius 2 is 2.18 bits per heavy atom. The van der Waals surface area contributed by atoms with Gasteiger partial charge in [0.1, 0.15) is 12.1 Å². The van der Waals surface area contributed by atoms with Crippen molar-refractivity contribution in [3.8, 4) is 5.88 Å². The van der Waals surface area contributed by atoms with Crippen LogP contribution < -0.4 is 15.4 Å². The van der Waals surface area contributed by atoms with Crippen LogP contribution in [0.15, 0.2) is 12.4 Å². The van der Waals surface area contributed by atoms with Crippen LogP contribution >= 0.6 is 0 Å². The van der Waals surface area contributed by atoms with E-state index in [1.807, 2.05) is 0 Å². The van der Waals surface area contributed by atoms with Gasteiger partial charge in [0.25, 0.3) is 0 Å². The molecule has 0 aliphatic heterocycles. The van der Waals surface area contributed by atoms with Gasteiger partial charge in [-0.1, -0.05) is 0 Å². The van der Waals surface area contributed by atoms with Gasteiger partial charge in [-0.3, -0.25) is 0 Å². The zero-order valence-corrected chi connectivity index (χ0v) is 10.2. The fourth-order valence-corrected chi connectivity index (χ4v) is 1.07. The number of methoxy groups -OCH3 is 1. The molecule has 0 aromatic carbocycles. The van der Waals surface area contributed by atoms with E-state index in [-0.39, 0.29) is 6.03 Å². The zero-order chi connectivity index (χ0) is 12.7. The molecule has 0 fully saturated rings. The Balaban J connectivity index is 2.28. The van der Waals surface area contributed by atoms with Crippen molar-refractivity contribution in [1.29, 1.82) is 0 Å². The first-order valence-electron chi connectivity index (χ1n) is 5.18. The van der Waals surface area contributed by atoms with Gasteiger partial charge in [-0.2, -0.15) is 0 Å². The molecule has 2 N–H and O–H groups in total. The number of amides is 2. The molecule has 7 heteroatoms. The molecule has 0 saturated heterocycles. The van der Waals surface area contributed by atoms with Crippen LogP contribution in [0.4, 0.5) is 10.6 Å². The van der Waals surface area contributed by atoms with Crippen LogP contribution in [-0.4, -0.2) is 55.2 Å². The summed E-state index contributed by atoms with van der Waals surface area (Å²) >= 11 is 0. The second-order valence-electron chi connectivity index (χ2n) is 3.50. The fourth-order valence-electron chi connectivity index (χ4n) is 1.07. The summed E-state index contributed by atoms with van der Waals surface area (Å²) in [7, 11) is 4.93. The third-order valence-electron chi connectivity index (χ3n) is 1.96. The van der Waals surface area contributed by atoms with Gasteiger partial charge in [0, 0.05) is 33.3 Å². The highest BCUT2D eigenvalue weighted by Crippen LogP contribution is 2.09. The molecule has 2 amide bonds. The van der Waals surface area contributed by atoms with Crippen molar-refractivity contribution in [1.82, 2.24) is 20.2 Å². The van der Waals surface area contributed by atoms with Crippen LogP contribution in [0.25, 0.3) is 0 Å². The van der Waals surface area contributed by atoms with Crippen molar-refractivity contribution in [3.05, 3.63) is 12.4 Å². The van der Waals surface area contributed by atoms with Crippen molar-refractivity contribution in [2.75, 3.05) is 39.6 Å². The molecule has 94 valence electrons. The minimum absolute atomic E-state index is 0.118. The summed E-state index contributed by atoms with van der Waals surface area (Å²) in [5.74, 6) is 1.16. The SMILES string of the molecule is COc1cc(NCCNC(=O)N(C)C)ncn1. The molecule has 0 aliphatic rings. The molecule has 1 heterocycles. The second kappa shape index (κ2) is 6.51. The van der Waals surface area contributed by atoms with E-state index in [1.54, 1.807) is 27.3 Å². The molecule has 1 aromatic rings. The summed E-state index contributed by atoms with van der Waals surface area (Å²) in [5.41, 5.74) is 0. The average Bonchev–Trinajstić information content (AvgIpc) is 2.34. The molecule has 0 spiro atoms. The van der Waals surface area contributed by atoms with Gasteiger partial charge in [-0.05, 0) is 0 Å². The average molecular weight is 239 g/mol. The maximum atomic E-state index is 11.2. The molecule has 7 nitrogen and oxygen atoms in total. The number of carbonyl (C=O) groups excluding carboxylic acids is 1. The lowest BCUT2D eigenvalue weighted by Crippen LogP contribution is -2.37. The Morgan fingerprint density at radius 1 is 1.41 bits per heavy atom. The lowest BCUT2D eigenvalue weighted by Gasteiger charge is -2.12. The summed E-state index contributed by atoms with van der Waals surface area (Å²) in [5, 5.41) is 5.78. The third kappa shape index (κ3) is 4.54. The van der Waals surface area contributed by atoms with Crippen LogP contribution in [0.3, 0.4) is 0 Å². The molecule has 0 saturated carbocycles. The van der Waals surface area contributed by atoms with Gasteiger partial charge in [0.2, 0.25) is 5.88 Å². The highest BCUT2D eigenvalue weighted by Gasteiger charge is 2.01. The Labute approximate surface area is 100 Å². The number of hydrogen-bond acceptors (Lipinski definition) is 5. The smallest absolute Gasteiger partial charge is 0.316 e. The first kappa shape index (κ1) is 13.0. The normalized spacial score (nSPS) is 9.59. The van der Waals surface area contributed by atoms with Crippen LogP contribution in [-0.2, 0) is 0 Å². The van der Waals surface area contributed by atoms with Crippen molar-refractivity contribution in [3.63, 3.8) is 0 Å². The third-order valence-corrected chi connectivity index (χ3v) is 1.96. The van der Waals surface area contributed by atoms with Gasteiger partial charge >= 0.3 is 6.03 Å². The van der Waals surface area contributed by atoms with Gasteiger partial charge < -0.3 is 20.3 Å². The van der Waals surface area contributed by atoms with Gasteiger partial charge in [0.05, 0.1) is 7.11 Å². The number of nitrogens with zero attached hydrogens (tertiary/aromatic N) is 3. The zero-order valence-electron chi connectivity index (χ0n) is 10.2. The summed E-state index contributed by atoms with van der Waals surface area (Å²) in [6.07, 6.45) is 1.42. The van der Waals surface area contributed by atoms with Crippen molar-refractivity contribution in [2.24, 2.45) is 0 Å². The van der Waals surface area contributed by atoms with E-state index >= 15 is 0 Å². The molecule has 0 atom stereocenters. The molecule has 0 unspecified atom stereocenters. The van der Waals surface area contributed by atoms with Crippen LogP contribution in [0, 0.1) is 0 Å². The van der Waals surface area contributed by atoms with E-state index in [4.69, 9.17) is 4.74 Å². The van der Waals surface area contributed by atoms with Crippen molar-refractivity contribution in [2.45, 2.75) is 0 Å².